The van der Waals surface area contributed by atoms with E-state index in [2.05, 4.69) is 446 Å². The van der Waals surface area contributed by atoms with Crippen LogP contribution in [0.25, 0.3) is 229 Å². The van der Waals surface area contributed by atoms with Crippen molar-refractivity contribution in [3.8, 4) is 100 Å². The second-order valence-electron chi connectivity index (χ2n) is 37.1. The summed E-state index contributed by atoms with van der Waals surface area (Å²) >= 11 is 4.38. The molecule has 0 spiro atoms. The van der Waals surface area contributed by atoms with Gasteiger partial charge in [0, 0.05) is 17.8 Å². The lowest BCUT2D eigenvalue weighted by molar-refractivity contribution is 0.577. The third-order valence-corrected chi connectivity index (χ3v) is 29.2. The molecular weight excluding hydrogens is 1610 g/mol. The number of aromatic nitrogens is 1. The lowest BCUT2D eigenvalue weighted by atomic mass is 9.79. The van der Waals surface area contributed by atoms with Crippen molar-refractivity contribution in [3.63, 3.8) is 0 Å². The van der Waals surface area contributed by atoms with Gasteiger partial charge in [-0.1, -0.05) is 415 Å². The zero-order chi connectivity index (χ0) is 88.5. The van der Waals surface area contributed by atoms with E-state index in [1.807, 2.05) is 12.4 Å². The normalized spacial score (nSPS) is 12.3. The molecule has 0 unspecified atom stereocenters. The highest BCUT2D eigenvalue weighted by molar-refractivity contribution is 7.80. The van der Waals surface area contributed by atoms with Gasteiger partial charge in [0.15, 0.2) is 0 Å². The summed E-state index contributed by atoms with van der Waals surface area (Å²) in [6, 6.07) is 150. The molecule has 1 heterocycles. The van der Waals surface area contributed by atoms with Crippen molar-refractivity contribution in [2.75, 3.05) is 5.75 Å². The van der Waals surface area contributed by atoms with Gasteiger partial charge in [0.25, 0.3) is 0 Å². The Bertz CT molecular complexity index is 8500. The van der Waals surface area contributed by atoms with Gasteiger partial charge in [0.2, 0.25) is 0 Å². The highest BCUT2D eigenvalue weighted by atomic mass is 32.1. The number of hydrogen-bond acceptors (Lipinski definition) is 2. The topological polar surface area (TPSA) is 12.9 Å². The first-order valence-electron chi connectivity index (χ1n) is 47.4. The third kappa shape index (κ3) is 14.5. The molecule has 1 aromatic heterocycles. The molecule has 632 valence electrons. The average Bonchev–Trinajstić information content (AvgIpc) is 0.677. The molecule has 25 rings (SSSR count). The molecule has 1 aliphatic rings. The molecule has 0 radical (unpaired) electrons. The standard InChI is InChI=1S/C62H52S.C35H27N.C33H22/c63-37-20-6-4-2-1-3-5-9-26-44-35-36-51(48-30-17-16-28-46(44)48)57-41-59-55(43-24-12-8-13-25-43)39-58(56-38-45-27-14-15-29-47(45)49-31-18-19-32-50(49)56)60-40-54(42-22-10-7-11-23-42)52-33-21-34-53(57)61(52)62(59)60;1-22-12-14-25-26-15-13-24(21-32(26)35(2,3)31(25)20-22)34-29-10-6-4-8-27(29)33(23-16-18-36-19-17-23)28-9-5-7-11-30(28)34;1-21-6-8-23(9-7-21)28-16-12-24-15-19-31-29(17-13-25-14-18-30(28)32(24)33(25)31)27-11-10-22-4-2-3-5-26(22)20-27/h7-8,10-19,21-25,27-36,38-41,63H,1-6,9,20,26,37H2;4-21H,1-3H3;2-20H,1H3. The summed E-state index contributed by atoms with van der Waals surface area (Å²) in [6.07, 6.45) is 15.3. The number of unbranched alkanes of at least 4 members (excludes halogenated alkanes) is 7. The van der Waals surface area contributed by atoms with Gasteiger partial charge in [0.05, 0.1) is 0 Å². The summed E-state index contributed by atoms with van der Waals surface area (Å²) in [4.78, 5) is 4.27. The van der Waals surface area contributed by atoms with Crippen molar-refractivity contribution in [3.05, 3.63) is 441 Å². The van der Waals surface area contributed by atoms with Crippen LogP contribution in [0.3, 0.4) is 0 Å². The third-order valence-electron chi connectivity index (χ3n) is 28.9. The van der Waals surface area contributed by atoms with Crippen LogP contribution >= 0.6 is 12.6 Å². The molecule has 0 saturated carbocycles. The van der Waals surface area contributed by atoms with Gasteiger partial charge < -0.3 is 0 Å². The van der Waals surface area contributed by atoms with Crippen LogP contribution in [-0.2, 0) is 11.8 Å². The number of fused-ring (bicyclic) bond motifs is 10. The molecule has 23 aromatic carbocycles. The fourth-order valence-corrected chi connectivity index (χ4v) is 22.6. The van der Waals surface area contributed by atoms with Gasteiger partial charge in [-0.05, 0) is 333 Å². The van der Waals surface area contributed by atoms with E-state index in [0.717, 1.165) is 12.2 Å². The molecule has 0 N–H and O–H groups in total. The van der Waals surface area contributed by atoms with Crippen LogP contribution < -0.4 is 0 Å². The summed E-state index contributed by atoms with van der Waals surface area (Å²) in [5.74, 6) is 1.01. The van der Waals surface area contributed by atoms with E-state index in [0.29, 0.717) is 0 Å². The van der Waals surface area contributed by atoms with Crippen LogP contribution in [0, 0.1) is 13.8 Å². The molecule has 0 saturated heterocycles. The van der Waals surface area contributed by atoms with E-state index >= 15 is 0 Å². The zero-order valence-electron chi connectivity index (χ0n) is 75.2. The summed E-state index contributed by atoms with van der Waals surface area (Å²) < 4.78 is 0. The fraction of sp³-hybridized carbons (Fsp3) is 0.115. The van der Waals surface area contributed by atoms with Gasteiger partial charge in [-0.15, -0.1) is 0 Å². The van der Waals surface area contributed by atoms with E-state index in [1.54, 1.807) is 0 Å². The van der Waals surface area contributed by atoms with Gasteiger partial charge in [-0.25, -0.2) is 0 Å². The zero-order valence-corrected chi connectivity index (χ0v) is 76.1. The largest absolute Gasteiger partial charge is 0.265 e. The van der Waals surface area contributed by atoms with Crippen molar-refractivity contribution in [2.24, 2.45) is 0 Å². The van der Waals surface area contributed by atoms with E-state index in [4.69, 9.17) is 0 Å². The Morgan fingerprint density at radius 1 is 0.212 bits per heavy atom. The fourth-order valence-electron chi connectivity index (χ4n) is 22.4. The second-order valence-corrected chi connectivity index (χ2v) is 37.6. The van der Waals surface area contributed by atoms with Crippen LogP contribution in [0.15, 0.2) is 413 Å². The first kappa shape index (κ1) is 81.7. The predicted octanol–water partition coefficient (Wildman–Crippen LogP) is 37.0. The lowest BCUT2D eigenvalue weighted by Gasteiger charge is -2.23. The van der Waals surface area contributed by atoms with Crippen molar-refractivity contribution in [2.45, 2.75) is 90.9 Å². The highest BCUT2D eigenvalue weighted by Crippen LogP contribution is 2.55. The van der Waals surface area contributed by atoms with Crippen molar-refractivity contribution in [1.29, 1.82) is 0 Å². The van der Waals surface area contributed by atoms with E-state index in [-0.39, 0.29) is 5.41 Å². The maximum absolute atomic E-state index is 4.38. The Labute approximate surface area is 778 Å². The first-order valence-corrected chi connectivity index (χ1v) is 48.0. The quantitative estimate of drug-likeness (QED) is 0.0391. The summed E-state index contributed by atoms with van der Waals surface area (Å²) in [5, 5.41) is 31.3. The molecule has 2 heteroatoms. The number of pyridine rings is 1. The van der Waals surface area contributed by atoms with Crippen LogP contribution in [0.5, 0.6) is 0 Å². The summed E-state index contributed by atoms with van der Waals surface area (Å²) in [6.45, 7) is 9.06. The predicted molar refractivity (Wildman–Crippen MR) is 575 cm³/mol. The highest BCUT2D eigenvalue weighted by Gasteiger charge is 2.36. The molecule has 0 bridgehead atoms. The van der Waals surface area contributed by atoms with Crippen LogP contribution in [0.2, 0.25) is 0 Å². The summed E-state index contributed by atoms with van der Waals surface area (Å²) in [7, 11) is 0. The number of benzene rings is 23. The molecule has 1 nitrogen and oxygen atoms in total. The Balaban J connectivity index is 0.000000121. The number of nitrogens with zero attached hydrogens (tertiary/aromatic N) is 1. The van der Waals surface area contributed by atoms with Crippen molar-refractivity contribution in [1.82, 2.24) is 4.98 Å². The Kier molecular flexibility index (Phi) is 21.4. The molecule has 132 heavy (non-hydrogen) atoms. The number of thiol groups is 1. The van der Waals surface area contributed by atoms with Crippen molar-refractivity contribution >= 4 is 142 Å². The van der Waals surface area contributed by atoms with Crippen molar-refractivity contribution < 1.29 is 0 Å². The van der Waals surface area contributed by atoms with Gasteiger partial charge >= 0.3 is 0 Å². The van der Waals surface area contributed by atoms with E-state index < -0.39 is 0 Å². The minimum Gasteiger partial charge on any atom is -0.265 e. The maximum atomic E-state index is 4.38. The van der Waals surface area contributed by atoms with Gasteiger partial charge in [-0.2, -0.15) is 12.6 Å². The maximum Gasteiger partial charge on any atom is 0.0273 e. The minimum atomic E-state index is -0.0325. The minimum absolute atomic E-state index is 0.0325. The van der Waals surface area contributed by atoms with Crippen LogP contribution in [-0.4, -0.2) is 10.7 Å². The van der Waals surface area contributed by atoms with E-state index in [1.165, 1.54) is 309 Å². The van der Waals surface area contributed by atoms with Crippen LogP contribution in [0.1, 0.15) is 93.0 Å². The molecule has 0 aliphatic heterocycles. The first-order chi connectivity index (χ1) is 65.1. The smallest absolute Gasteiger partial charge is 0.0273 e. The molecule has 1 aliphatic carbocycles. The summed E-state index contributed by atoms with van der Waals surface area (Å²) in [5.41, 5.74) is 29.9. The average molecular weight is 1710 g/mol. The van der Waals surface area contributed by atoms with Gasteiger partial charge in [0.1, 0.15) is 0 Å². The molecule has 0 amide bonds. The Morgan fingerprint density at radius 2 is 0.621 bits per heavy atom. The van der Waals surface area contributed by atoms with Gasteiger partial charge in [-0.3, -0.25) is 4.98 Å². The van der Waals surface area contributed by atoms with E-state index in [9.17, 15) is 0 Å². The number of rotatable bonds is 18. The molecule has 24 aromatic rings. The molecule has 0 fully saturated rings. The Morgan fingerprint density at radius 3 is 1.27 bits per heavy atom. The monoisotopic (exact) mass is 1710 g/mol. The second kappa shape index (κ2) is 34.6. The molecule has 0 atom stereocenters. The lowest BCUT2D eigenvalue weighted by Crippen LogP contribution is -2.15. The van der Waals surface area contributed by atoms with Crippen LogP contribution in [0.4, 0.5) is 0 Å². The Hall–Kier alpha value is -14.8. The number of aryl methyl sites for hydroxylation is 3. The number of hydrogen-bond donors (Lipinski definition) is 1. The molecular formula is C130H101NS. The SMILES string of the molecule is Cc1ccc(-c2ccc3ccc4c(-c5ccc6ccccc6c5)ccc5ccc2c3c54)cc1.Cc1ccc2c(c1)C(C)(C)c1cc(-c3c4ccccc4c(-c4ccncc4)c4ccccc34)ccc1-2.SCCCCCCCCCCc1ccc(-c2cc3c(-c4ccccc4)cc(-c4cc5ccccc5c5ccccc45)c4cc(-c5ccccc5)c5cccc2c5c34)c2ccccc12.